The van der Waals surface area contributed by atoms with E-state index in [9.17, 15) is 0 Å². The first-order valence-electron chi connectivity index (χ1n) is 18.8. The summed E-state index contributed by atoms with van der Waals surface area (Å²) < 4.78 is 0. The zero-order valence-corrected chi connectivity index (χ0v) is 30.8. The van der Waals surface area contributed by atoms with Crippen LogP contribution in [0.25, 0.3) is 97.3 Å². The van der Waals surface area contributed by atoms with Gasteiger partial charge in [-0.3, -0.25) is 0 Å². The summed E-state index contributed by atoms with van der Waals surface area (Å²) in [5.41, 5.74) is 12.1. The molecule has 0 nitrogen and oxygen atoms in total. The summed E-state index contributed by atoms with van der Waals surface area (Å²) in [7, 11) is 0. The summed E-state index contributed by atoms with van der Waals surface area (Å²) in [4.78, 5) is 0. The molecule has 52 heavy (non-hydrogen) atoms. The Bertz CT molecular complexity index is 3230. The molecule has 0 fully saturated rings. The number of aryl methyl sites for hydroxylation is 4. The number of benzene rings is 8. The van der Waals surface area contributed by atoms with E-state index >= 15 is 0 Å². The van der Waals surface area contributed by atoms with Gasteiger partial charge in [-0.1, -0.05) is 113 Å². The maximum atomic E-state index is 2.55. The lowest BCUT2D eigenvalue weighted by atomic mass is 9.85. The van der Waals surface area contributed by atoms with Crippen molar-refractivity contribution in [2.45, 2.75) is 53.9 Å². The van der Waals surface area contributed by atoms with Gasteiger partial charge in [0, 0.05) is 5.92 Å². The van der Waals surface area contributed by atoms with Crippen molar-refractivity contribution >= 4 is 86.2 Å². The molecule has 0 saturated carbocycles. The monoisotopic (exact) mass is 664 g/mol. The van der Waals surface area contributed by atoms with Crippen LogP contribution in [0, 0.1) is 27.7 Å². The summed E-state index contributed by atoms with van der Waals surface area (Å²) in [6, 6.07) is 40.7. The Labute approximate surface area is 304 Å². The van der Waals surface area contributed by atoms with Crippen LogP contribution in [0.1, 0.15) is 54.0 Å². The lowest BCUT2D eigenvalue weighted by molar-refractivity contribution is 0.805. The van der Waals surface area contributed by atoms with E-state index in [-0.39, 0.29) is 0 Å². The second-order valence-electron chi connectivity index (χ2n) is 16.1. The van der Waals surface area contributed by atoms with Gasteiger partial charge in [-0.15, -0.1) is 0 Å². The van der Waals surface area contributed by atoms with Crippen molar-refractivity contribution in [2.75, 3.05) is 0 Å². The molecule has 0 spiro atoms. The van der Waals surface area contributed by atoms with Crippen LogP contribution < -0.4 is 0 Å². The molecule has 0 saturated heterocycles. The minimum Gasteiger partial charge on any atom is -0.0738 e. The number of hydrogen-bond donors (Lipinski definition) is 0. The number of fused-ring (bicyclic) bond motifs is 11. The van der Waals surface area contributed by atoms with Gasteiger partial charge in [0.2, 0.25) is 0 Å². The van der Waals surface area contributed by atoms with Crippen LogP contribution in [0.4, 0.5) is 0 Å². The molecule has 0 amide bonds. The average molecular weight is 665 g/mol. The zero-order chi connectivity index (χ0) is 35.2. The van der Waals surface area contributed by atoms with Gasteiger partial charge in [-0.05, 0) is 186 Å². The Morgan fingerprint density at radius 3 is 1.48 bits per heavy atom. The molecule has 0 N–H and O–H groups in total. The van der Waals surface area contributed by atoms with E-state index in [0.717, 1.165) is 6.42 Å². The van der Waals surface area contributed by atoms with Crippen LogP contribution >= 0.6 is 0 Å². The fourth-order valence-electron chi connectivity index (χ4n) is 10.4. The zero-order valence-electron chi connectivity index (χ0n) is 30.8. The largest absolute Gasteiger partial charge is 0.0738 e. The fourth-order valence-corrected chi connectivity index (χ4v) is 10.4. The van der Waals surface area contributed by atoms with Gasteiger partial charge in [-0.25, -0.2) is 0 Å². The van der Waals surface area contributed by atoms with E-state index in [1.54, 1.807) is 0 Å². The Morgan fingerprint density at radius 2 is 0.885 bits per heavy atom. The highest BCUT2D eigenvalue weighted by molar-refractivity contribution is 6.40. The van der Waals surface area contributed by atoms with Crippen molar-refractivity contribution in [3.63, 3.8) is 0 Å². The molecule has 1 aliphatic rings. The highest BCUT2D eigenvalue weighted by Crippen LogP contribution is 2.49. The van der Waals surface area contributed by atoms with E-state index in [1.807, 2.05) is 0 Å². The predicted molar refractivity (Wildman–Crippen MR) is 228 cm³/mol. The topological polar surface area (TPSA) is 0 Å². The van der Waals surface area contributed by atoms with Gasteiger partial charge in [0.05, 0.1) is 0 Å². The smallest absolute Gasteiger partial charge is 0.00610 e. The number of hydrogen-bond acceptors (Lipinski definition) is 0. The van der Waals surface area contributed by atoms with E-state index in [2.05, 4.69) is 157 Å². The van der Waals surface area contributed by atoms with Crippen molar-refractivity contribution in [3.05, 3.63) is 154 Å². The summed E-state index contributed by atoms with van der Waals surface area (Å²) >= 11 is 0. The molecule has 1 unspecified atom stereocenters. The quantitative estimate of drug-likeness (QED) is 0.161. The maximum absolute atomic E-state index is 2.55. The van der Waals surface area contributed by atoms with Crippen molar-refractivity contribution in [3.8, 4) is 11.1 Å². The van der Waals surface area contributed by atoms with Crippen molar-refractivity contribution in [1.29, 1.82) is 0 Å². The van der Waals surface area contributed by atoms with E-state index in [0.29, 0.717) is 5.92 Å². The second-order valence-corrected chi connectivity index (χ2v) is 16.1. The Morgan fingerprint density at radius 1 is 0.385 bits per heavy atom. The molecule has 11 rings (SSSR count). The molecular formula is C52H40. The molecule has 10 aromatic rings. The third-order valence-electron chi connectivity index (χ3n) is 12.5. The Hall–Kier alpha value is -5.72. The average Bonchev–Trinajstić information content (AvgIpc) is 3.61. The second kappa shape index (κ2) is 10.4. The van der Waals surface area contributed by atoms with E-state index < -0.39 is 0 Å². The third kappa shape index (κ3) is 4.04. The molecule has 0 aromatic heterocycles. The molecule has 10 aromatic carbocycles. The van der Waals surface area contributed by atoms with Crippen LogP contribution in [0.5, 0.6) is 0 Å². The van der Waals surface area contributed by atoms with Crippen molar-refractivity contribution < 1.29 is 0 Å². The normalized spacial score (nSPS) is 15.5. The third-order valence-corrected chi connectivity index (χ3v) is 12.5. The van der Waals surface area contributed by atoms with Gasteiger partial charge in [0.25, 0.3) is 0 Å². The number of rotatable bonds is 2. The van der Waals surface area contributed by atoms with Gasteiger partial charge in [-0.2, -0.15) is 0 Å². The van der Waals surface area contributed by atoms with Gasteiger partial charge >= 0.3 is 0 Å². The molecule has 0 bridgehead atoms. The standard InChI is InChI=1S/C52H40/c1-27-17-28(2)20-35(19-27)33-9-13-37-39-11-7-31(5)49-41-15-16-42-46(45(41)25-47(51(39)49)43(37)23-33)26-48-44-24-34(36-21-29(3)18-30(4)22-36)10-14-38(44)40-12-8-32(6)50(42)52(40)48/h7-21,23-26,36H,22H2,1-6H3. The molecule has 0 heteroatoms. The SMILES string of the molecule is CC1=CC(c2ccc3c(c2)c2cc4c5cc6c7cc(-c8cc(C)cc(C)c8)ccc7c7ccc(C)c(c5ccc4c4c(C)ccc3c24)c76)CC(C)=C1. The molecule has 1 aliphatic carbocycles. The summed E-state index contributed by atoms with van der Waals surface area (Å²) in [5.74, 6) is 0.416. The molecule has 0 radical (unpaired) electrons. The van der Waals surface area contributed by atoms with Crippen LogP contribution in [0.2, 0.25) is 0 Å². The molecule has 0 heterocycles. The lowest BCUT2D eigenvalue weighted by Gasteiger charge is -2.19. The van der Waals surface area contributed by atoms with Crippen molar-refractivity contribution in [1.82, 2.24) is 0 Å². The Balaban J connectivity index is 1.26. The molecular weight excluding hydrogens is 625 g/mol. The van der Waals surface area contributed by atoms with Crippen LogP contribution in [-0.4, -0.2) is 0 Å². The Kier molecular flexibility index (Phi) is 6.01. The van der Waals surface area contributed by atoms with Crippen LogP contribution in [0.3, 0.4) is 0 Å². The molecule has 0 aliphatic heterocycles. The first-order chi connectivity index (χ1) is 25.2. The highest BCUT2D eigenvalue weighted by Gasteiger charge is 2.22. The minimum absolute atomic E-state index is 0.416. The summed E-state index contributed by atoms with van der Waals surface area (Å²) in [6.45, 7) is 13.5. The molecule has 1 atom stereocenters. The van der Waals surface area contributed by atoms with Gasteiger partial charge in [0.15, 0.2) is 0 Å². The van der Waals surface area contributed by atoms with Crippen LogP contribution in [-0.2, 0) is 0 Å². The molecule has 248 valence electrons. The first-order valence-corrected chi connectivity index (χ1v) is 18.8. The lowest BCUT2D eigenvalue weighted by Crippen LogP contribution is -2.01. The summed E-state index contributed by atoms with van der Waals surface area (Å²) in [5, 5.41) is 21.9. The van der Waals surface area contributed by atoms with Crippen LogP contribution in [0.15, 0.2) is 126 Å². The maximum Gasteiger partial charge on any atom is 0.00610 e. The van der Waals surface area contributed by atoms with Crippen molar-refractivity contribution in [2.24, 2.45) is 0 Å². The van der Waals surface area contributed by atoms with E-state index in [4.69, 9.17) is 0 Å². The minimum atomic E-state index is 0.416. The van der Waals surface area contributed by atoms with Gasteiger partial charge < -0.3 is 0 Å². The fraction of sp³-hybridized carbons (Fsp3) is 0.154. The predicted octanol–water partition coefficient (Wildman–Crippen LogP) is 15.1. The number of allylic oxidation sites excluding steroid dienone is 4. The summed E-state index contributed by atoms with van der Waals surface area (Å²) in [6.07, 6.45) is 5.88. The van der Waals surface area contributed by atoms with E-state index in [1.165, 1.54) is 136 Å². The van der Waals surface area contributed by atoms with Gasteiger partial charge in [0.1, 0.15) is 0 Å². The highest BCUT2D eigenvalue weighted by atomic mass is 14.3. The first kappa shape index (κ1) is 30.0.